The predicted molar refractivity (Wildman–Crippen MR) is 67.2 cm³/mol. The van der Waals surface area contributed by atoms with Crippen molar-refractivity contribution >= 4 is 5.91 Å². The number of imidazole rings is 1. The van der Waals surface area contributed by atoms with E-state index >= 15 is 0 Å². The van der Waals surface area contributed by atoms with Crippen molar-refractivity contribution in [3.05, 3.63) is 18.2 Å². The SMILES string of the molecule is CCCc1nccn1CCCC(C)(N)C(N)=O. The highest BCUT2D eigenvalue weighted by Gasteiger charge is 2.24. The van der Waals surface area contributed by atoms with Gasteiger partial charge < -0.3 is 16.0 Å². The van der Waals surface area contributed by atoms with Gasteiger partial charge in [-0.15, -0.1) is 0 Å². The third kappa shape index (κ3) is 3.85. The van der Waals surface area contributed by atoms with Gasteiger partial charge in [0.05, 0.1) is 5.54 Å². The van der Waals surface area contributed by atoms with E-state index in [4.69, 9.17) is 11.5 Å². The van der Waals surface area contributed by atoms with E-state index in [1.165, 1.54) is 0 Å². The number of amides is 1. The molecule has 5 nitrogen and oxygen atoms in total. The minimum Gasteiger partial charge on any atom is -0.368 e. The smallest absolute Gasteiger partial charge is 0.237 e. The Balaban J connectivity index is 2.45. The number of rotatable bonds is 7. The zero-order chi connectivity index (χ0) is 12.9. The van der Waals surface area contributed by atoms with Crippen LogP contribution in [0.4, 0.5) is 0 Å². The highest BCUT2D eigenvalue weighted by Crippen LogP contribution is 2.10. The molecule has 1 amide bonds. The number of nitrogens with two attached hydrogens (primary N) is 2. The first-order valence-corrected chi connectivity index (χ1v) is 6.06. The second-order valence-corrected chi connectivity index (χ2v) is 4.67. The zero-order valence-electron chi connectivity index (χ0n) is 10.6. The van der Waals surface area contributed by atoms with Crippen molar-refractivity contribution in [3.63, 3.8) is 0 Å². The van der Waals surface area contributed by atoms with E-state index in [9.17, 15) is 4.79 Å². The highest BCUT2D eigenvalue weighted by molar-refractivity contribution is 5.83. The molecule has 0 bridgehead atoms. The van der Waals surface area contributed by atoms with E-state index in [0.29, 0.717) is 6.42 Å². The maximum absolute atomic E-state index is 11.1. The topological polar surface area (TPSA) is 86.9 Å². The fourth-order valence-corrected chi connectivity index (χ4v) is 1.74. The number of nitrogens with zero attached hydrogens (tertiary/aromatic N) is 2. The Morgan fingerprint density at radius 1 is 1.59 bits per heavy atom. The number of primary amides is 1. The van der Waals surface area contributed by atoms with E-state index in [1.54, 1.807) is 13.1 Å². The fourth-order valence-electron chi connectivity index (χ4n) is 1.74. The summed E-state index contributed by atoms with van der Waals surface area (Å²) in [7, 11) is 0. The van der Waals surface area contributed by atoms with Gasteiger partial charge in [-0.05, 0) is 26.2 Å². The average molecular weight is 238 g/mol. The Bertz CT molecular complexity index is 370. The van der Waals surface area contributed by atoms with Crippen LogP contribution in [-0.4, -0.2) is 21.0 Å². The first-order valence-electron chi connectivity index (χ1n) is 6.06. The van der Waals surface area contributed by atoms with Crippen molar-refractivity contribution in [2.75, 3.05) is 0 Å². The molecule has 5 heteroatoms. The van der Waals surface area contributed by atoms with Crippen LogP contribution in [0.2, 0.25) is 0 Å². The van der Waals surface area contributed by atoms with Crippen LogP contribution in [0.5, 0.6) is 0 Å². The fraction of sp³-hybridized carbons (Fsp3) is 0.667. The monoisotopic (exact) mass is 238 g/mol. The Hall–Kier alpha value is -1.36. The molecule has 96 valence electrons. The molecule has 4 N–H and O–H groups in total. The van der Waals surface area contributed by atoms with Crippen LogP contribution in [0, 0.1) is 0 Å². The number of aryl methyl sites for hydroxylation is 2. The zero-order valence-corrected chi connectivity index (χ0v) is 10.6. The van der Waals surface area contributed by atoms with Crippen LogP contribution in [0.1, 0.15) is 38.9 Å². The molecule has 1 rings (SSSR count). The molecule has 0 saturated carbocycles. The van der Waals surface area contributed by atoms with Crippen molar-refractivity contribution in [2.45, 2.75) is 51.6 Å². The van der Waals surface area contributed by atoms with Gasteiger partial charge in [-0.25, -0.2) is 4.98 Å². The lowest BCUT2D eigenvalue weighted by Gasteiger charge is -2.20. The van der Waals surface area contributed by atoms with E-state index in [-0.39, 0.29) is 0 Å². The van der Waals surface area contributed by atoms with Crippen LogP contribution >= 0.6 is 0 Å². The summed E-state index contributed by atoms with van der Waals surface area (Å²) in [6.07, 6.45) is 7.23. The van der Waals surface area contributed by atoms with Gasteiger partial charge in [0.2, 0.25) is 5.91 Å². The van der Waals surface area contributed by atoms with Gasteiger partial charge in [-0.2, -0.15) is 0 Å². The number of carbonyl (C=O) groups excluding carboxylic acids is 1. The van der Waals surface area contributed by atoms with Crippen LogP contribution < -0.4 is 11.5 Å². The number of hydrogen-bond donors (Lipinski definition) is 2. The Morgan fingerprint density at radius 2 is 2.29 bits per heavy atom. The highest BCUT2D eigenvalue weighted by atomic mass is 16.1. The molecular formula is C12H22N4O. The number of carbonyl (C=O) groups is 1. The number of hydrogen-bond acceptors (Lipinski definition) is 3. The second-order valence-electron chi connectivity index (χ2n) is 4.67. The molecule has 0 aliphatic rings. The summed E-state index contributed by atoms with van der Waals surface area (Å²) in [5.74, 6) is 0.641. The second kappa shape index (κ2) is 5.82. The van der Waals surface area contributed by atoms with Gasteiger partial charge in [0, 0.05) is 25.4 Å². The van der Waals surface area contributed by atoms with E-state index < -0.39 is 11.4 Å². The molecule has 1 aromatic rings. The van der Waals surface area contributed by atoms with Crippen molar-refractivity contribution < 1.29 is 4.79 Å². The molecule has 0 saturated heterocycles. The summed E-state index contributed by atoms with van der Waals surface area (Å²) in [5, 5.41) is 0. The predicted octanol–water partition coefficient (Wildman–Crippen LogP) is 0.819. The maximum atomic E-state index is 11.1. The lowest BCUT2D eigenvalue weighted by Crippen LogP contribution is -2.49. The summed E-state index contributed by atoms with van der Waals surface area (Å²) in [4.78, 5) is 15.4. The van der Waals surface area contributed by atoms with Gasteiger partial charge >= 0.3 is 0 Å². The molecule has 0 spiro atoms. The quantitative estimate of drug-likeness (QED) is 0.737. The molecule has 1 unspecified atom stereocenters. The molecular weight excluding hydrogens is 216 g/mol. The summed E-state index contributed by atoms with van der Waals surface area (Å²) >= 11 is 0. The summed E-state index contributed by atoms with van der Waals surface area (Å²) in [5.41, 5.74) is 10.1. The molecule has 1 atom stereocenters. The summed E-state index contributed by atoms with van der Waals surface area (Å²) in [6.45, 7) is 4.63. The van der Waals surface area contributed by atoms with Crippen LogP contribution in [-0.2, 0) is 17.8 Å². The van der Waals surface area contributed by atoms with Crippen molar-refractivity contribution in [1.82, 2.24) is 9.55 Å². The Labute approximate surface area is 102 Å². The standard InChI is InChI=1S/C12H22N4O/c1-3-5-10-15-7-9-16(10)8-4-6-12(2,14)11(13)17/h7,9H,3-6,8,14H2,1-2H3,(H2,13,17). The minimum atomic E-state index is -0.911. The molecule has 0 fully saturated rings. The molecule has 1 heterocycles. The van der Waals surface area contributed by atoms with Crippen LogP contribution in [0.25, 0.3) is 0 Å². The van der Waals surface area contributed by atoms with Gasteiger partial charge in [-0.1, -0.05) is 6.92 Å². The number of aromatic nitrogens is 2. The third-order valence-electron chi connectivity index (χ3n) is 2.93. The van der Waals surface area contributed by atoms with Gasteiger partial charge in [0.25, 0.3) is 0 Å². The van der Waals surface area contributed by atoms with E-state index in [2.05, 4.69) is 16.5 Å². The maximum Gasteiger partial charge on any atom is 0.237 e. The van der Waals surface area contributed by atoms with Gasteiger partial charge in [0.1, 0.15) is 5.82 Å². The van der Waals surface area contributed by atoms with Gasteiger partial charge in [-0.3, -0.25) is 4.79 Å². The van der Waals surface area contributed by atoms with Crippen molar-refractivity contribution in [1.29, 1.82) is 0 Å². The largest absolute Gasteiger partial charge is 0.368 e. The van der Waals surface area contributed by atoms with E-state index in [1.807, 2.05) is 6.20 Å². The normalized spacial score (nSPS) is 14.5. The van der Waals surface area contributed by atoms with E-state index in [0.717, 1.165) is 31.6 Å². The molecule has 0 aliphatic carbocycles. The lowest BCUT2D eigenvalue weighted by molar-refractivity contribution is -0.122. The van der Waals surface area contributed by atoms with Crippen molar-refractivity contribution in [3.8, 4) is 0 Å². The third-order valence-corrected chi connectivity index (χ3v) is 2.93. The first kappa shape index (κ1) is 13.7. The van der Waals surface area contributed by atoms with Crippen molar-refractivity contribution in [2.24, 2.45) is 11.5 Å². The lowest BCUT2D eigenvalue weighted by atomic mass is 9.96. The van der Waals surface area contributed by atoms with Crippen LogP contribution in [0.15, 0.2) is 12.4 Å². The summed E-state index contributed by atoms with van der Waals surface area (Å²) in [6, 6.07) is 0. The molecule has 1 aromatic heterocycles. The molecule has 17 heavy (non-hydrogen) atoms. The summed E-state index contributed by atoms with van der Waals surface area (Å²) < 4.78 is 2.11. The first-order chi connectivity index (χ1) is 7.97. The molecule has 0 aromatic carbocycles. The minimum absolute atomic E-state index is 0.447. The average Bonchev–Trinajstić information content (AvgIpc) is 2.66. The van der Waals surface area contributed by atoms with Crippen LogP contribution in [0.3, 0.4) is 0 Å². The van der Waals surface area contributed by atoms with Gasteiger partial charge in [0.15, 0.2) is 0 Å². The molecule has 0 aliphatic heterocycles. The Kier molecular flexibility index (Phi) is 4.69. The Morgan fingerprint density at radius 3 is 2.88 bits per heavy atom. The molecule has 0 radical (unpaired) electrons.